The van der Waals surface area contributed by atoms with E-state index in [9.17, 15) is 0 Å². The molecule has 0 amide bonds. The fraction of sp³-hybridized carbons (Fsp3) is 0.148. The maximum Gasteiger partial charge on any atom is 0.230 e. The van der Waals surface area contributed by atoms with E-state index in [0.717, 1.165) is 34.0 Å². The van der Waals surface area contributed by atoms with Gasteiger partial charge in [0, 0.05) is 0 Å². The van der Waals surface area contributed by atoms with Crippen molar-refractivity contribution in [3.63, 3.8) is 0 Å². The van der Waals surface area contributed by atoms with Crippen molar-refractivity contribution in [1.29, 1.82) is 5.41 Å². The lowest BCUT2D eigenvalue weighted by Gasteiger charge is -2.27. The molecule has 0 saturated heterocycles. The van der Waals surface area contributed by atoms with Crippen LogP contribution in [0.5, 0.6) is 17.5 Å². The van der Waals surface area contributed by atoms with Crippen LogP contribution in [0.1, 0.15) is 34.1 Å². The van der Waals surface area contributed by atoms with Gasteiger partial charge < -0.3 is 18.5 Å². The number of rotatable bonds is 5. The predicted octanol–water partition coefficient (Wildman–Crippen LogP) is 4.79. The van der Waals surface area contributed by atoms with Crippen LogP contribution in [0.4, 0.5) is 0 Å². The van der Waals surface area contributed by atoms with E-state index >= 15 is 0 Å². The first kappa shape index (κ1) is 21.0. The van der Waals surface area contributed by atoms with Gasteiger partial charge in [-0.05, 0) is 48.9 Å². The second-order valence-electron chi connectivity index (χ2n) is 8.38. The van der Waals surface area contributed by atoms with Gasteiger partial charge in [0.25, 0.3) is 0 Å². The quantitative estimate of drug-likeness (QED) is 0.395. The van der Waals surface area contributed by atoms with Crippen LogP contribution in [0.15, 0.2) is 83.7 Å². The van der Waals surface area contributed by atoms with Gasteiger partial charge in [-0.2, -0.15) is 5.10 Å². The molecular formula is C27H23N5O3. The van der Waals surface area contributed by atoms with Gasteiger partial charge in [0.1, 0.15) is 23.3 Å². The molecule has 0 radical (unpaired) electrons. The summed E-state index contributed by atoms with van der Waals surface area (Å²) in [5.41, 5.74) is 4.63. The van der Waals surface area contributed by atoms with Gasteiger partial charge in [-0.1, -0.05) is 30.3 Å². The number of furan rings is 1. The normalized spacial score (nSPS) is 14.2. The molecule has 6 rings (SSSR count). The van der Waals surface area contributed by atoms with Crippen molar-refractivity contribution in [2.45, 2.75) is 19.4 Å². The van der Waals surface area contributed by atoms with Crippen molar-refractivity contribution >= 4 is 0 Å². The summed E-state index contributed by atoms with van der Waals surface area (Å²) in [6.07, 6.45) is 3.25. The summed E-state index contributed by atoms with van der Waals surface area (Å²) >= 11 is 0. The van der Waals surface area contributed by atoms with Crippen LogP contribution in [0.25, 0.3) is 5.69 Å². The Hall–Kier alpha value is -4.59. The molecule has 35 heavy (non-hydrogen) atoms. The zero-order chi connectivity index (χ0) is 23.9. The van der Waals surface area contributed by atoms with E-state index in [1.54, 1.807) is 28.9 Å². The van der Waals surface area contributed by atoms with Gasteiger partial charge in [-0.25, -0.2) is 9.67 Å². The number of aryl methyl sites for hydroxylation is 1. The maximum absolute atomic E-state index is 9.12. The first-order chi connectivity index (χ1) is 17.1. The van der Waals surface area contributed by atoms with Gasteiger partial charge in [0.2, 0.25) is 11.8 Å². The topological polar surface area (TPSA) is 91.1 Å². The zero-order valence-corrected chi connectivity index (χ0v) is 19.3. The third kappa shape index (κ3) is 3.50. The summed E-state index contributed by atoms with van der Waals surface area (Å²) in [5.74, 6) is 2.23. The lowest BCUT2D eigenvalue weighted by molar-refractivity contribution is 0.393. The number of hydrogen-bond donors (Lipinski definition) is 1. The Labute approximate surface area is 201 Å². The molecule has 2 aromatic carbocycles. The first-order valence-electron chi connectivity index (χ1n) is 11.3. The molecular weight excluding hydrogens is 442 g/mol. The van der Waals surface area contributed by atoms with Crippen LogP contribution in [0.2, 0.25) is 0 Å². The highest BCUT2D eigenvalue weighted by Crippen LogP contribution is 2.47. The fourth-order valence-corrected chi connectivity index (χ4v) is 4.60. The minimum absolute atomic E-state index is 0.291. The molecule has 0 bridgehead atoms. The molecule has 0 aliphatic carbocycles. The van der Waals surface area contributed by atoms with E-state index in [0.29, 0.717) is 29.4 Å². The Morgan fingerprint density at radius 2 is 1.80 bits per heavy atom. The van der Waals surface area contributed by atoms with Crippen LogP contribution in [0.3, 0.4) is 0 Å². The number of hydrogen-bond acceptors (Lipinski definition) is 6. The highest BCUT2D eigenvalue weighted by Gasteiger charge is 2.37. The van der Waals surface area contributed by atoms with Crippen molar-refractivity contribution in [3.8, 4) is 23.2 Å². The number of ether oxygens (including phenoxy) is 2. The second kappa shape index (κ2) is 8.32. The molecule has 0 saturated carbocycles. The lowest BCUT2D eigenvalue weighted by atomic mass is 9.84. The third-order valence-corrected chi connectivity index (χ3v) is 6.28. The molecule has 0 unspecified atom stereocenters. The number of nitrogens with one attached hydrogen (secondary N) is 1. The Morgan fingerprint density at radius 3 is 2.51 bits per heavy atom. The van der Waals surface area contributed by atoms with Gasteiger partial charge >= 0.3 is 0 Å². The van der Waals surface area contributed by atoms with E-state index in [-0.39, 0.29) is 5.92 Å². The van der Waals surface area contributed by atoms with E-state index in [4.69, 9.17) is 24.4 Å². The van der Waals surface area contributed by atoms with E-state index in [1.165, 1.54) is 0 Å². The number of nitrogens with zero attached hydrogens (tertiary/aromatic N) is 4. The third-order valence-electron chi connectivity index (χ3n) is 6.28. The predicted molar refractivity (Wildman–Crippen MR) is 128 cm³/mol. The molecule has 1 aliphatic rings. The summed E-state index contributed by atoms with van der Waals surface area (Å²) < 4.78 is 20.8. The standard InChI is InChI=1S/C27H23N5O3/c1-17-22-23(18-10-12-20(33-2)13-11-18)24-25(28)31(15-21-9-6-14-34-21)16-29-26(24)35-27(22)32(30-17)19-7-4-3-5-8-19/h3-14,16,23,28H,15H2,1-2H3/t23-/m1/s1. The van der Waals surface area contributed by atoms with Crippen LogP contribution in [-0.4, -0.2) is 26.4 Å². The zero-order valence-electron chi connectivity index (χ0n) is 19.3. The van der Waals surface area contributed by atoms with E-state index < -0.39 is 0 Å². The number of para-hydroxylation sites is 1. The van der Waals surface area contributed by atoms with Crippen LogP contribution >= 0.6 is 0 Å². The maximum atomic E-state index is 9.12. The molecule has 0 fully saturated rings. The molecule has 0 spiro atoms. The molecule has 8 nitrogen and oxygen atoms in total. The van der Waals surface area contributed by atoms with Crippen molar-refractivity contribution in [1.82, 2.24) is 19.3 Å². The SMILES string of the molecule is COc1ccc([C@@H]2c3c(C)nn(-c4ccccc4)c3Oc3ncn(Cc4ccco4)c(=N)c32)cc1. The van der Waals surface area contributed by atoms with Gasteiger partial charge in [0.05, 0.1) is 48.3 Å². The Bertz CT molecular complexity index is 1550. The smallest absolute Gasteiger partial charge is 0.230 e. The van der Waals surface area contributed by atoms with Crippen molar-refractivity contribution in [3.05, 3.63) is 113 Å². The Balaban J connectivity index is 1.57. The minimum Gasteiger partial charge on any atom is -0.497 e. The molecule has 3 aromatic heterocycles. The summed E-state index contributed by atoms with van der Waals surface area (Å²) in [6, 6.07) is 21.5. The van der Waals surface area contributed by atoms with Crippen molar-refractivity contribution < 1.29 is 13.9 Å². The minimum atomic E-state index is -0.291. The van der Waals surface area contributed by atoms with Crippen LogP contribution < -0.4 is 15.0 Å². The monoisotopic (exact) mass is 465 g/mol. The Morgan fingerprint density at radius 1 is 1.00 bits per heavy atom. The largest absolute Gasteiger partial charge is 0.497 e. The van der Waals surface area contributed by atoms with Gasteiger partial charge in [-0.15, -0.1) is 0 Å². The molecule has 5 aromatic rings. The van der Waals surface area contributed by atoms with Crippen LogP contribution in [0, 0.1) is 12.3 Å². The summed E-state index contributed by atoms with van der Waals surface area (Å²) in [7, 11) is 1.65. The molecule has 1 atom stereocenters. The summed E-state index contributed by atoms with van der Waals surface area (Å²) in [4.78, 5) is 4.63. The number of benzene rings is 2. The van der Waals surface area contributed by atoms with Crippen LogP contribution in [-0.2, 0) is 6.54 Å². The molecule has 174 valence electrons. The van der Waals surface area contributed by atoms with Crippen molar-refractivity contribution in [2.75, 3.05) is 7.11 Å². The highest BCUT2D eigenvalue weighted by atomic mass is 16.5. The summed E-state index contributed by atoms with van der Waals surface area (Å²) in [5, 5.41) is 13.9. The van der Waals surface area contributed by atoms with E-state index in [2.05, 4.69) is 4.98 Å². The van der Waals surface area contributed by atoms with Gasteiger partial charge in [0.15, 0.2) is 0 Å². The number of aromatic nitrogens is 4. The average molecular weight is 466 g/mol. The summed E-state index contributed by atoms with van der Waals surface area (Å²) in [6.45, 7) is 2.37. The number of fused-ring (bicyclic) bond motifs is 2. The molecule has 1 aliphatic heterocycles. The lowest BCUT2D eigenvalue weighted by Crippen LogP contribution is -2.30. The number of methoxy groups -OCH3 is 1. The fourth-order valence-electron chi connectivity index (χ4n) is 4.60. The second-order valence-corrected chi connectivity index (χ2v) is 8.38. The van der Waals surface area contributed by atoms with Crippen molar-refractivity contribution in [2.24, 2.45) is 0 Å². The first-order valence-corrected chi connectivity index (χ1v) is 11.3. The molecule has 8 heteroatoms. The average Bonchev–Trinajstić information content (AvgIpc) is 3.53. The van der Waals surface area contributed by atoms with E-state index in [1.807, 2.05) is 73.7 Å². The highest BCUT2D eigenvalue weighted by molar-refractivity contribution is 5.57. The Kier molecular flexibility index (Phi) is 4.99. The molecule has 4 heterocycles. The molecule has 1 N–H and O–H groups in total. The van der Waals surface area contributed by atoms with Gasteiger partial charge in [-0.3, -0.25) is 5.41 Å².